The van der Waals surface area contributed by atoms with Gasteiger partial charge in [0.15, 0.2) is 0 Å². The molecule has 1 saturated heterocycles. The number of nitrogens with one attached hydrogen (secondary N) is 1. The van der Waals surface area contributed by atoms with Gasteiger partial charge in [0, 0.05) is 26.0 Å². The van der Waals surface area contributed by atoms with Crippen molar-refractivity contribution in [2.24, 2.45) is 13.0 Å². The summed E-state index contributed by atoms with van der Waals surface area (Å²) in [6, 6.07) is -0.204. The maximum absolute atomic E-state index is 12.0. The molecule has 0 spiro atoms. The molecule has 1 aliphatic carbocycles. The molecule has 6 nitrogen and oxygen atoms in total. The van der Waals surface area contributed by atoms with Gasteiger partial charge in [-0.3, -0.25) is 0 Å². The van der Waals surface area contributed by atoms with Crippen LogP contribution in [0.1, 0.15) is 31.2 Å². The van der Waals surface area contributed by atoms with Crippen molar-refractivity contribution in [1.29, 1.82) is 0 Å². The van der Waals surface area contributed by atoms with Crippen LogP contribution in [0.15, 0.2) is 12.4 Å². The molecular weight excluding hydrogens is 266 g/mol. The molecule has 0 unspecified atom stereocenters. The van der Waals surface area contributed by atoms with Gasteiger partial charge in [0.1, 0.15) is 11.9 Å². The average molecular weight is 285 g/mol. The highest BCUT2D eigenvalue weighted by Gasteiger charge is 2.36. The van der Waals surface area contributed by atoms with E-state index in [0.29, 0.717) is 18.9 Å². The molecule has 1 aliphatic heterocycles. The van der Waals surface area contributed by atoms with Crippen LogP contribution in [0.3, 0.4) is 0 Å². The topological polar surface area (TPSA) is 73.2 Å². The van der Waals surface area contributed by atoms with Gasteiger partial charge in [0.05, 0.1) is 11.8 Å². The van der Waals surface area contributed by atoms with Crippen LogP contribution in [-0.2, 0) is 21.8 Å². The zero-order valence-corrected chi connectivity index (χ0v) is 11.8. The number of rotatable bonds is 5. The summed E-state index contributed by atoms with van der Waals surface area (Å²) in [6.07, 6.45) is 6.02. The largest absolute Gasteiger partial charge is 0.369 e. The maximum atomic E-state index is 12.0. The zero-order chi connectivity index (χ0) is 13.5. The Hall–Kier alpha value is -0.920. The van der Waals surface area contributed by atoms with Crippen molar-refractivity contribution in [2.45, 2.75) is 31.4 Å². The predicted octanol–water partition coefficient (Wildman–Crippen LogP) is 0.579. The number of sulfonamides is 1. The van der Waals surface area contributed by atoms with E-state index in [9.17, 15) is 8.42 Å². The van der Waals surface area contributed by atoms with E-state index >= 15 is 0 Å². The summed E-state index contributed by atoms with van der Waals surface area (Å²) in [5, 5.41) is 0. The first-order valence-electron chi connectivity index (χ1n) is 6.64. The lowest BCUT2D eigenvalue weighted by Gasteiger charge is -2.19. The Bertz CT molecular complexity index is 550. The zero-order valence-electron chi connectivity index (χ0n) is 10.9. The van der Waals surface area contributed by atoms with Crippen LogP contribution >= 0.6 is 0 Å². The minimum Gasteiger partial charge on any atom is -0.369 e. The monoisotopic (exact) mass is 285 g/mol. The molecule has 106 valence electrons. The second-order valence-electron chi connectivity index (χ2n) is 5.43. The van der Waals surface area contributed by atoms with Gasteiger partial charge in [-0.1, -0.05) is 0 Å². The van der Waals surface area contributed by atoms with Gasteiger partial charge in [0.2, 0.25) is 10.0 Å². The molecule has 0 bridgehead atoms. The smallest absolute Gasteiger partial charge is 0.212 e. The first-order chi connectivity index (χ1) is 9.05. The molecule has 3 rings (SSSR count). The Morgan fingerprint density at radius 3 is 2.89 bits per heavy atom. The highest BCUT2D eigenvalue weighted by molar-refractivity contribution is 7.89. The summed E-state index contributed by atoms with van der Waals surface area (Å²) in [5.74, 6) is 1.37. The van der Waals surface area contributed by atoms with Gasteiger partial charge in [0.25, 0.3) is 0 Å². The van der Waals surface area contributed by atoms with Gasteiger partial charge in [-0.25, -0.2) is 18.1 Å². The standard InChI is InChI=1S/C12H19N3O3S/c1-15-6-5-13-12(15)11-10(4-7-18-11)14-19(16,17)8-9-2-3-9/h5-6,9-11,14H,2-4,7-8H2,1H3/t10-,11-/m0/s1. The number of aryl methyl sites for hydroxylation is 1. The van der Waals surface area contributed by atoms with Crippen LogP contribution in [0.5, 0.6) is 0 Å². The Labute approximate surface area is 113 Å². The first kappa shape index (κ1) is 13.1. The second kappa shape index (κ2) is 4.88. The Morgan fingerprint density at radius 2 is 2.26 bits per heavy atom. The van der Waals surface area contributed by atoms with E-state index in [1.54, 1.807) is 6.20 Å². The van der Waals surface area contributed by atoms with Crippen LogP contribution in [0.4, 0.5) is 0 Å². The third-order valence-electron chi connectivity index (χ3n) is 3.69. The van der Waals surface area contributed by atoms with Gasteiger partial charge < -0.3 is 9.30 Å². The molecule has 7 heteroatoms. The van der Waals surface area contributed by atoms with E-state index in [1.807, 2.05) is 17.8 Å². The van der Waals surface area contributed by atoms with Gasteiger partial charge >= 0.3 is 0 Å². The van der Waals surface area contributed by atoms with E-state index in [0.717, 1.165) is 18.7 Å². The van der Waals surface area contributed by atoms with Crippen LogP contribution < -0.4 is 4.72 Å². The van der Waals surface area contributed by atoms with Crippen LogP contribution in [0, 0.1) is 5.92 Å². The summed E-state index contributed by atoms with van der Waals surface area (Å²) in [5.41, 5.74) is 0. The van der Waals surface area contributed by atoms with Crippen molar-refractivity contribution in [3.63, 3.8) is 0 Å². The lowest BCUT2D eigenvalue weighted by Crippen LogP contribution is -2.39. The van der Waals surface area contributed by atoms with Crippen molar-refractivity contribution in [3.8, 4) is 0 Å². The fourth-order valence-electron chi connectivity index (χ4n) is 2.49. The van der Waals surface area contributed by atoms with Gasteiger partial charge in [-0.2, -0.15) is 0 Å². The molecule has 1 aromatic heterocycles. The minimum absolute atomic E-state index is 0.204. The first-order valence-corrected chi connectivity index (χ1v) is 8.29. The molecule has 1 saturated carbocycles. The van der Waals surface area contributed by atoms with Gasteiger partial charge in [-0.15, -0.1) is 0 Å². The molecule has 2 aliphatic rings. The molecular formula is C12H19N3O3S. The fraction of sp³-hybridized carbons (Fsp3) is 0.750. The van der Waals surface area contributed by atoms with Crippen molar-refractivity contribution in [3.05, 3.63) is 18.2 Å². The number of hydrogen-bond donors (Lipinski definition) is 1. The normalized spacial score (nSPS) is 27.8. The van der Waals surface area contributed by atoms with Gasteiger partial charge in [-0.05, 0) is 25.2 Å². The molecule has 0 amide bonds. The summed E-state index contributed by atoms with van der Waals surface area (Å²) in [6.45, 7) is 0.564. The van der Waals surface area contributed by atoms with Crippen molar-refractivity contribution >= 4 is 10.0 Å². The van der Waals surface area contributed by atoms with Crippen molar-refractivity contribution < 1.29 is 13.2 Å². The van der Waals surface area contributed by atoms with E-state index in [2.05, 4.69) is 9.71 Å². The number of hydrogen-bond acceptors (Lipinski definition) is 4. The maximum Gasteiger partial charge on any atom is 0.212 e. The Morgan fingerprint density at radius 1 is 1.47 bits per heavy atom. The Kier molecular flexibility index (Phi) is 3.36. The summed E-state index contributed by atoms with van der Waals surface area (Å²) < 4.78 is 34.4. The number of ether oxygens (including phenoxy) is 1. The third kappa shape index (κ3) is 2.98. The summed E-state index contributed by atoms with van der Waals surface area (Å²) >= 11 is 0. The number of imidazole rings is 1. The number of nitrogens with zero attached hydrogens (tertiary/aromatic N) is 2. The molecule has 19 heavy (non-hydrogen) atoms. The predicted molar refractivity (Wildman–Crippen MR) is 70.0 cm³/mol. The Balaban J connectivity index is 1.71. The fourth-order valence-corrected chi connectivity index (χ4v) is 4.24. The van der Waals surface area contributed by atoms with Crippen LogP contribution in [-0.4, -0.2) is 36.4 Å². The molecule has 1 N–H and O–H groups in total. The van der Waals surface area contributed by atoms with Crippen molar-refractivity contribution in [1.82, 2.24) is 14.3 Å². The lowest BCUT2D eigenvalue weighted by atomic mass is 10.1. The van der Waals surface area contributed by atoms with Crippen molar-refractivity contribution in [2.75, 3.05) is 12.4 Å². The highest BCUT2D eigenvalue weighted by atomic mass is 32.2. The molecule has 2 atom stereocenters. The quantitative estimate of drug-likeness (QED) is 0.859. The highest BCUT2D eigenvalue weighted by Crippen LogP contribution is 2.32. The molecule has 2 heterocycles. The van der Waals surface area contributed by atoms with E-state index in [4.69, 9.17) is 4.74 Å². The summed E-state index contributed by atoms with van der Waals surface area (Å²) in [4.78, 5) is 4.25. The lowest BCUT2D eigenvalue weighted by molar-refractivity contribution is 0.0932. The molecule has 0 radical (unpaired) electrons. The number of aromatic nitrogens is 2. The molecule has 1 aromatic rings. The SMILES string of the molecule is Cn1ccnc1[C@H]1OCC[C@@H]1NS(=O)(=O)CC1CC1. The van der Waals surface area contributed by atoms with E-state index < -0.39 is 10.0 Å². The third-order valence-corrected chi connectivity index (χ3v) is 5.26. The molecule has 0 aromatic carbocycles. The average Bonchev–Trinajstić information content (AvgIpc) is 2.84. The second-order valence-corrected chi connectivity index (χ2v) is 7.22. The summed E-state index contributed by atoms with van der Waals surface area (Å²) in [7, 11) is -1.32. The van der Waals surface area contributed by atoms with Crippen LogP contribution in [0.25, 0.3) is 0 Å². The molecule has 2 fully saturated rings. The van der Waals surface area contributed by atoms with Crippen LogP contribution in [0.2, 0.25) is 0 Å². The van der Waals surface area contributed by atoms with E-state index in [-0.39, 0.29) is 17.9 Å². The van der Waals surface area contributed by atoms with E-state index in [1.165, 1.54) is 0 Å². The minimum atomic E-state index is -3.21.